The molecule has 0 fully saturated rings. The predicted octanol–water partition coefficient (Wildman–Crippen LogP) is 2.64. The molecule has 0 atom stereocenters. The number of hydrogen-bond acceptors (Lipinski definition) is 3. The van der Waals surface area contributed by atoms with Gasteiger partial charge in [0.25, 0.3) is 0 Å². The van der Waals surface area contributed by atoms with Crippen LogP contribution in [-0.4, -0.2) is 36.1 Å². The van der Waals surface area contributed by atoms with Crippen LogP contribution in [-0.2, 0) is 11.8 Å². The van der Waals surface area contributed by atoms with E-state index >= 15 is 0 Å². The molecule has 2 amide bonds. The van der Waals surface area contributed by atoms with Gasteiger partial charge < -0.3 is 10.2 Å². The summed E-state index contributed by atoms with van der Waals surface area (Å²) in [4.78, 5) is 17.8. The van der Waals surface area contributed by atoms with Gasteiger partial charge in [0, 0.05) is 37.4 Å². The minimum Gasteiger partial charge on any atom is -0.338 e. The lowest BCUT2D eigenvalue weighted by Crippen LogP contribution is -2.37. The molecule has 5 heteroatoms. The molecule has 0 aromatic carbocycles. The maximum atomic E-state index is 11.5. The van der Waals surface area contributed by atoms with Crippen molar-refractivity contribution < 1.29 is 4.79 Å². The summed E-state index contributed by atoms with van der Waals surface area (Å²) in [6.07, 6.45) is 0.796. The van der Waals surface area contributed by atoms with E-state index in [4.69, 9.17) is 0 Å². The summed E-state index contributed by atoms with van der Waals surface area (Å²) in [5.41, 5.74) is 1.22. The van der Waals surface area contributed by atoms with E-state index in [1.807, 2.05) is 6.92 Å². The lowest BCUT2D eigenvalue weighted by Gasteiger charge is -2.15. The van der Waals surface area contributed by atoms with E-state index in [0.717, 1.165) is 23.7 Å². The zero-order valence-electron chi connectivity index (χ0n) is 11.9. The minimum absolute atomic E-state index is 0.0231. The summed E-state index contributed by atoms with van der Waals surface area (Å²) in [6, 6.07) is -0.0231. The number of nitrogens with zero attached hydrogens (tertiary/aromatic N) is 2. The van der Waals surface area contributed by atoms with Crippen LogP contribution >= 0.6 is 11.3 Å². The normalized spacial score (nSPS) is 11.4. The molecule has 0 spiro atoms. The largest absolute Gasteiger partial charge is 0.338 e. The van der Waals surface area contributed by atoms with Crippen LogP contribution in [0.4, 0.5) is 4.79 Å². The molecule has 0 unspecified atom stereocenters. The molecule has 102 valence electrons. The molecule has 1 heterocycles. The average Bonchev–Trinajstić information content (AvgIpc) is 2.76. The molecule has 1 aromatic rings. The van der Waals surface area contributed by atoms with Gasteiger partial charge in [0.1, 0.15) is 0 Å². The summed E-state index contributed by atoms with van der Waals surface area (Å²) in [5.74, 6) is 0. The van der Waals surface area contributed by atoms with E-state index in [9.17, 15) is 4.79 Å². The van der Waals surface area contributed by atoms with Gasteiger partial charge >= 0.3 is 6.03 Å². The number of aromatic nitrogens is 1. The minimum atomic E-state index is -0.0231. The van der Waals surface area contributed by atoms with Gasteiger partial charge in [0.2, 0.25) is 0 Å². The Balaban J connectivity index is 2.41. The predicted molar refractivity (Wildman–Crippen MR) is 76.2 cm³/mol. The number of urea groups is 1. The molecule has 0 saturated heterocycles. The van der Waals surface area contributed by atoms with E-state index < -0.39 is 0 Å². The molecule has 0 saturated carbocycles. The second-order valence-electron chi connectivity index (χ2n) is 5.37. The lowest BCUT2D eigenvalue weighted by molar-refractivity contribution is 0.211. The average molecular weight is 269 g/mol. The Kier molecular flexibility index (Phi) is 5.14. The first-order valence-corrected chi connectivity index (χ1v) is 7.16. The molecule has 0 aliphatic heterocycles. The fourth-order valence-corrected chi connectivity index (χ4v) is 2.35. The highest BCUT2D eigenvalue weighted by Crippen LogP contribution is 2.23. The number of rotatable bonds is 4. The summed E-state index contributed by atoms with van der Waals surface area (Å²) in [7, 11) is 1.79. The molecule has 0 aliphatic carbocycles. The summed E-state index contributed by atoms with van der Waals surface area (Å²) in [6.45, 7) is 9.78. The number of carbonyl (C=O) groups is 1. The third kappa shape index (κ3) is 4.29. The van der Waals surface area contributed by atoms with Gasteiger partial charge in [-0.15, -0.1) is 11.3 Å². The Hall–Kier alpha value is -1.10. The van der Waals surface area contributed by atoms with Gasteiger partial charge in [-0.25, -0.2) is 9.78 Å². The van der Waals surface area contributed by atoms with E-state index in [1.54, 1.807) is 23.3 Å². The Labute approximate surface area is 113 Å². The van der Waals surface area contributed by atoms with Crippen molar-refractivity contribution in [1.29, 1.82) is 0 Å². The van der Waals surface area contributed by atoms with E-state index in [1.165, 1.54) is 0 Å². The van der Waals surface area contributed by atoms with Crippen molar-refractivity contribution in [3.63, 3.8) is 0 Å². The van der Waals surface area contributed by atoms with Crippen molar-refractivity contribution in [3.8, 4) is 0 Å². The van der Waals surface area contributed by atoms with Crippen LogP contribution in [0.2, 0.25) is 0 Å². The van der Waals surface area contributed by atoms with Crippen LogP contribution in [0.15, 0.2) is 5.38 Å². The summed E-state index contributed by atoms with van der Waals surface area (Å²) in [5, 5.41) is 6.07. The molecular formula is C13H23N3OS. The second kappa shape index (κ2) is 6.18. The van der Waals surface area contributed by atoms with Crippen LogP contribution in [0.5, 0.6) is 0 Å². The van der Waals surface area contributed by atoms with Gasteiger partial charge in [0.05, 0.1) is 10.7 Å². The van der Waals surface area contributed by atoms with E-state index in [0.29, 0.717) is 6.54 Å². The number of carbonyl (C=O) groups excluding carboxylic acids is 1. The molecule has 1 aromatic heterocycles. The van der Waals surface area contributed by atoms with Crippen LogP contribution in [0.1, 0.15) is 38.4 Å². The first-order valence-electron chi connectivity index (χ1n) is 6.28. The molecule has 4 nitrogen and oxygen atoms in total. The molecule has 0 bridgehead atoms. The lowest BCUT2D eigenvalue weighted by atomic mass is 9.93. The van der Waals surface area contributed by atoms with Gasteiger partial charge in [-0.05, 0) is 6.92 Å². The highest BCUT2D eigenvalue weighted by molar-refractivity contribution is 7.09. The second-order valence-corrected chi connectivity index (χ2v) is 6.32. The zero-order valence-corrected chi connectivity index (χ0v) is 12.7. The highest BCUT2D eigenvalue weighted by atomic mass is 32.1. The van der Waals surface area contributed by atoms with Crippen molar-refractivity contribution in [2.24, 2.45) is 0 Å². The van der Waals surface area contributed by atoms with Crippen LogP contribution < -0.4 is 5.32 Å². The maximum Gasteiger partial charge on any atom is 0.317 e. The standard InChI is InChI=1S/C13H23N3OS/c1-6-16(5)12(17)14-8-7-11-15-10(9-18-11)13(2,3)4/h9H,6-8H2,1-5H3,(H,14,17). The SMILES string of the molecule is CCN(C)C(=O)NCCc1nc(C(C)(C)C)cs1. The summed E-state index contributed by atoms with van der Waals surface area (Å²) >= 11 is 1.67. The number of nitrogens with one attached hydrogen (secondary N) is 1. The number of thiazole rings is 1. The van der Waals surface area contributed by atoms with Gasteiger partial charge in [0.15, 0.2) is 0 Å². The highest BCUT2D eigenvalue weighted by Gasteiger charge is 2.17. The number of hydrogen-bond donors (Lipinski definition) is 1. The Morgan fingerprint density at radius 3 is 2.67 bits per heavy atom. The molecule has 1 rings (SSSR count). The fourth-order valence-electron chi connectivity index (χ4n) is 1.33. The molecule has 0 radical (unpaired) electrons. The molecule has 1 N–H and O–H groups in total. The van der Waals surface area contributed by atoms with Crippen molar-refractivity contribution in [2.75, 3.05) is 20.1 Å². The molecular weight excluding hydrogens is 246 g/mol. The van der Waals surface area contributed by atoms with Gasteiger partial charge in [-0.1, -0.05) is 20.8 Å². The van der Waals surface area contributed by atoms with Crippen LogP contribution in [0.3, 0.4) is 0 Å². The first-order chi connectivity index (χ1) is 8.34. The van der Waals surface area contributed by atoms with Gasteiger partial charge in [-0.3, -0.25) is 0 Å². The molecule has 0 aliphatic rings. The van der Waals surface area contributed by atoms with Crippen molar-refractivity contribution in [1.82, 2.24) is 15.2 Å². The number of amides is 2. The molecule has 18 heavy (non-hydrogen) atoms. The van der Waals surface area contributed by atoms with Crippen molar-refractivity contribution >= 4 is 17.4 Å². The zero-order chi connectivity index (χ0) is 13.8. The fraction of sp³-hybridized carbons (Fsp3) is 0.692. The third-order valence-corrected chi connectivity index (χ3v) is 3.66. The van der Waals surface area contributed by atoms with E-state index in [-0.39, 0.29) is 11.4 Å². The maximum absolute atomic E-state index is 11.5. The Morgan fingerprint density at radius 1 is 1.50 bits per heavy atom. The van der Waals surface area contributed by atoms with E-state index in [2.05, 4.69) is 36.5 Å². The van der Waals surface area contributed by atoms with Gasteiger partial charge in [-0.2, -0.15) is 0 Å². The third-order valence-electron chi connectivity index (χ3n) is 2.76. The van der Waals surface area contributed by atoms with Crippen LogP contribution in [0, 0.1) is 0 Å². The monoisotopic (exact) mass is 269 g/mol. The first kappa shape index (κ1) is 15.0. The van der Waals surface area contributed by atoms with Crippen LogP contribution in [0.25, 0.3) is 0 Å². The topological polar surface area (TPSA) is 45.2 Å². The Morgan fingerprint density at radius 2 is 2.17 bits per heavy atom. The summed E-state index contributed by atoms with van der Waals surface area (Å²) < 4.78 is 0. The van der Waals surface area contributed by atoms with Crippen molar-refractivity contribution in [3.05, 3.63) is 16.1 Å². The Bertz CT molecular complexity index is 395. The van der Waals surface area contributed by atoms with Crippen molar-refractivity contribution in [2.45, 2.75) is 39.5 Å². The smallest absolute Gasteiger partial charge is 0.317 e. The quantitative estimate of drug-likeness (QED) is 0.913.